The fourth-order valence-electron chi connectivity index (χ4n) is 8.85. The van der Waals surface area contributed by atoms with E-state index in [0.717, 1.165) is 83.5 Å². The smallest absolute Gasteiger partial charge is 0.306 e. The van der Waals surface area contributed by atoms with Crippen LogP contribution in [0.15, 0.2) is 48.6 Å². The number of unbranched alkanes of at least 4 members (excludes halogenated alkanes) is 36. The quantitative estimate of drug-likeness (QED) is 0.0262. The van der Waals surface area contributed by atoms with Crippen molar-refractivity contribution in [3.05, 3.63) is 48.6 Å². The lowest BCUT2D eigenvalue weighted by Crippen LogP contribution is -2.30. The van der Waals surface area contributed by atoms with Crippen LogP contribution in [0, 0.1) is 0 Å². The largest absolute Gasteiger partial charge is 0.462 e. The molecule has 0 N–H and O–H groups in total. The highest BCUT2D eigenvalue weighted by Crippen LogP contribution is 2.17. The van der Waals surface area contributed by atoms with E-state index in [-0.39, 0.29) is 31.1 Å². The number of ether oxygens (including phenoxy) is 3. The fraction of sp³-hybridized carbons (Fsp3) is 0.825. The molecule has 0 fully saturated rings. The first kappa shape index (κ1) is 66.4. The third kappa shape index (κ3) is 56.2. The molecule has 69 heavy (non-hydrogen) atoms. The van der Waals surface area contributed by atoms with Crippen LogP contribution in [0.5, 0.6) is 0 Å². The monoisotopic (exact) mass is 967 g/mol. The maximum Gasteiger partial charge on any atom is 0.306 e. The van der Waals surface area contributed by atoms with E-state index in [1.807, 2.05) is 0 Å². The van der Waals surface area contributed by atoms with Crippen molar-refractivity contribution in [2.45, 2.75) is 322 Å². The first-order valence-corrected chi connectivity index (χ1v) is 30.1. The van der Waals surface area contributed by atoms with Gasteiger partial charge in [0.1, 0.15) is 13.2 Å². The summed E-state index contributed by atoms with van der Waals surface area (Å²) in [5, 5.41) is 0. The van der Waals surface area contributed by atoms with Gasteiger partial charge in [-0.2, -0.15) is 0 Å². The van der Waals surface area contributed by atoms with Gasteiger partial charge in [0.05, 0.1) is 0 Å². The molecule has 0 saturated heterocycles. The second-order valence-electron chi connectivity index (χ2n) is 20.2. The standard InChI is InChI=1S/C63H114O6/c1-4-7-10-13-16-19-22-25-28-29-30-31-32-33-36-39-42-45-48-51-54-57-63(66)69-60(58-67-61(64)55-52-49-46-43-40-37-34-26-23-20-17-14-11-8-5-2)59-68-62(65)56-53-50-47-44-41-38-35-27-24-21-18-15-12-9-6-3/h8,11,17,20,26,34,40,43,60H,4-7,9-10,12-16,18-19,21-25,27-33,35-39,41-42,44-59H2,1-3H3/b11-8-,20-17-,34-26-,43-40-/t60-/m1/s1. The molecule has 1 atom stereocenters. The molecule has 0 heterocycles. The van der Waals surface area contributed by atoms with Gasteiger partial charge in [0.2, 0.25) is 0 Å². The molecule has 0 aliphatic carbocycles. The van der Waals surface area contributed by atoms with Crippen LogP contribution in [0.3, 0.4) is 0 Å². The highest BCUT2D eigenvalue weighted by atomic mass is 16.6. The molecule has 0 radical (unpaired) electrons. The minimum atomic E-state index is -0.786. The van der Waals surface area contributed by atoms with Gasteiger partial charge in [0.25, 0.3) is 0 Å². The third-order valence-electron chi connectivity index (χ3n) is 13.3. The van der Waals surface area contributed by atoms with Crippen molar-refractivity contribution in [3.8, 4) is 0 Å². The van der Waals surface area contributed by atoms with Crippen molar-refractivity contribution >= 4 is 17.9 Å². The van der Waals surface area contributed by atoms with Crippen LogP contribution < -0.4 is 0 Å². The Kier molecular flexibility index (Phi) is 55.7. The molecule has 0 aromatic carbocycles. The van der Waals surface area contributed by atoms with Crippen molar-refractivity contribution < 1.29 is 28.6 Å². The summed E-state index contributed by atoms with van der Waals surface area (Å²) in [5.74, 6) is -0.905. The number of carbonyl (C=O) groups is 3. The Morgan fingerprint density at radius 2 is 0.565 bits per heavy atom. The number of hydrogen-bond acceptors (Lipinski definition) is 6. The topological polar surface area (TPSA) is 78.9 Å². The zero-order chi connectivity index (χ0) is 50.0. The Bertz CT molecular complexity index is 1200. The van der Waals surface area contributed by atoms with E-state index in [9.17, 15) is 14.4 Å². The first-order chi connectivity index (χ1) is 34.0. The minimum Gasteiger partial charge on any atom is -0.462 e. The van der Waals surface area contributed by atoms with Crippen molar-refractivity contribution in [1.29, 1.82) is 0 Å². The zero-order valence-corrected chi connectivity index (χ0v) is 46.1. The predicted molar refractivity (Wildman–Crippen MR) is 298 cm³/mol. The van der Waals surface area contributed by atoms with Crippen LogP contribution in [0.25, 0.3) is 0 Å². The SMILES string of the molecule is CC/C=C\C/C=C\C/C=C\C/C=C\CCCCC(=O)OC[C@H](COC(=O)CCCCCCCCCCCCCCCCC)OC(=O)CCCCCCCCCCCCCCCCCCCCCCC. The molecule has 0 unspecified atom stereocenters. The minimum absolute atomic E-state index is 0.0816. The second kappa shape index (κ2) is 57.9. The summed E-state index contributed by atoms with van der Waals surface area (Å²) in [6, 6.07) is 0. The summed E-state index contributed by atoms with van der Waals surface area (Å²) < 4.78 is 16.9. The van der Waals surface area contributed by atoms with Crippen LogP contribution in [-0.4, -0.2) is 37.2 Å². The van der Waals surface area contributed by atoms with Gasteiger partial charge in [0, 0.05) is 19.3 Å². The predicted octanol–water partition coefficient (Wildman–Crippen LogP) is 20.2. The van der Waals surface area contributed by atoms with Gasteiger partial charge in [-0.3, -0.25) is 14.4 Å². The number of hydrogen-bond donors (Lipinski definition) is 0. The highest BCUT2D eigenvalue weighted by molar-refractivity contribution is 5.71. The Labute approximate surface area is 428 Å². The molecular weight excluding hydrogens is 853 g/mol. The van der Waals surface area contributed by atoms with Gasteiger partial charge in [-0.25, -0.2) is 0 Å². The Hall–Kier alpha value is -2.63. The van der Waals surface area contributed by atoms with Crippen LogP contribution >= 0.6 is 0 Å². The van der Waals surface area contributed by atoms with Crippen molar-refractivity contribution in [2.75, 3.05) is 13.2 Å². The molecule has 0 aromatic rings. The van der Waals surface area contributed by atoms with Crippen LogP contribution in [0.1, 0.15) is 316 Å². The molecule has 0 amide bonds. The summed E-state index contributed by atoms with van der Waals surface area (Å²) in [5.41, 5.74) is 0. The van der Waals surface area contributed by atoms with Crippen LogP contribution in [-0.2, 0) is 28.6 Å². The van der Waals surface area contributed by atoms with Crippen LogP contribution in [0.4, 0.5) is 0 Å². The van der Waals surface area contributed by atoms with Gasteiger partial charge >= 0.3 is 17.9 Å². The number of carbonyl (C=O) groups excluding carboxylic acids is 3. The Balaban J connectivity index is 4.35. The molecule has 402 valence electrons. The van der Waals surface area contributed by atoms with Crippen molar-refractivity contribution in [1.82, 2.24) is 0 Å². The third-order valence-corrected chi connectivity index (χ3v) is 13.3. The van der Waals surface area contributed by atoms with E-state index in [2.05, 4.69) is 69.4 Å². The molecule has 0 saturated carbocycles. The normalized spacial score (nSPS) is 12.3. The summed E-state index contributed by atoms with van der Waals surface area (Å²) in [4.78, 5) is 38.2. The summed E-state index contributed by atoms with van der Waals surface area (Å²) in [7, 11) is 0. The molecule has 0 spiro atoms. The van der Waals surface area contributed by atoms with Gasteiger partial charge in [-0.05, 0) is 57.8 Å². The molecule has 0 bridgehead atoms. The van der Waals surface area contributed by atoms with E-state index in [1.54, 1.807) is 0 Å². The average Bonchev–Trinajstić information content (AvgIpc) is 3.35. The van der Waals surface area contributed by atoms with Gasteiger partial charge < -0.3 is 14.2 Å². The number of allylic oxidation sites excluding steroid dienone is 8. The van der Waals surface area contributed by atoms with E-state index >= 15 is 0 Å². The Morgan fingerprint density at radius 1 is 0.304 bits per heavy atom. The average molecular weight is 968 g/mol. The van der Waals surface area contributed by atoms with E-state index in [1.165, 1.54) is 193 Å². The molecule has 0 aliphatic heterocycles. The maximum atomic E-state index is 12.9. The number of rotatable bonds is 55. The first-order valence-electron chi connectivity index (χ1n) is 30.1. The molecule has 6 nitrogen and oxygen atoms in total. The summed E-state index contributed by atoms with van der Waals surface area (Å²) in [6.07, 6.45) is 71.1. The fourth-order valence-corrected chi connectivity index (χ4v) is 8.85. The summed E-state index contributed by atoms with van der Waals surface area (Å²) >= 11 is 0. The van der Waals surface area contributed by atoms with E-state index in [4.69, 9.17) is 14.2 Å². The second-order valence-corrected chi connectivity index (χ2v) is 20.2. The lowest BCUT2D eigenvalue weighted by atomic mass is 10.0. The van der Waals surface area contributed by atoms with E-state index < -0.39 is 6.10 Å². The molecule has 6 heteroatoms. The lowest BCUT2D eigenvalue weighted by molar-refractivity contribution is -0.167. The summed E-state index contributed by atoms with van der Waals surface area (Å²) in [6.45, 7) is 6.54. The lowest BCUT2D eigenvalue weighted by Gasteiger charge is -2.18. The van der Waals surface area contributed by atoms with E-state index in [0.29, 0.717) is 19.3 Å². The molecule has 0 rings (SSSR count). The highest BCUT2D eigenvalue weighted by Gasteiger charge is 2.19. The van der Waals surface area contributed by atoms with Gasteiger partial charge in [0.15, 0.2) is 6.10 Å². The molecule has 0 aromatic heterocycles. The van der Waals surface area contributed by atoms with Crippen LogP contribution in [0.2, 0.25) is 0 Å². The zero-order valence-electron chi connectivity index (χ0n) is 46.1. The molecule has 0 aliphatic rings. The van der Waals surface area contributed by atoms with Gasteiger partial charge in [-0.1, -0.05) is 288 Å². The maximum absolute atomic E-state index is 12.9. The van der Waals surface area contributed by atoms with Crippen molar-refractivity contribution in [3.63, 3.8) is 0 Å². The number of esters is 3. The molecular formula is C63H114O6. The Morgan fingerprint density at radius 3 is 0.884 bits per heavy atom. The van der Waals surface area contributed by atoms with Gasteiger partial charge in [-0.15, -0.1) is 0 Å². The van der Waals surface area contributed by atoms with Crippen molar-refractivity contribution in [2.24, 2.45) is 0 Å².